The molecule has 1 fully saturated rings. The number of furan rings is 1. The molecule has 2 amide bonds. The Balaban J connectivity index is 2.16. The number of aromatic carboxylic acids is 1. The van der Waals surface area contributed by atoms with Crippen LogP contribution in [0.1, 0.15) is 36.2 Å². The first-order chi connectivity index (χ1) is 9.45. The molecular formula is C13H16N2O5. The first-order valence-electron chi connectivity index (χ1n) is 6.38. The van der Waals surface area contributed by atoms with Crippen LogP contribution in [0.25, 0.3) is 0 Å². The molecule has 1 saturated heterocycles. The van der Waals surface area contributed by atoms with Crippen LogP contribution >= 0.6 is 0 Å². The van der Waals surface area contributed by atoms with Crippen molar-refractivity contribution in [2.45, 2.75) is 19.9 Å². The number of likely N-dealkylation sites (N-methyl/N-ethyl adjacent to an activating group) is 1. The Morgan fingerprint density at radius 2 is 2.05 bits per heavy atom. The quantitative estimate of drug-likeness (QED) is 0.821. The van der Waals surface area contributed by atoms with Gasteiger partial charge in [-0.05, 0) is 26.0 Å². The molecule has 2 rings (SSSR count). The highest BCUT2D eigenvalue weighted by molar-refractivity contribution is 6.35. The Hall–Kier alpha value is -2.31. The van der Waals surface area contributed by atoms with Crippen LogP contribution in [-0.2, 0) is 9.59 Å². The lowest BCUT2D eigenvalue weighted by molar-refractivity contribution is -0.157. The van der Waals surface area contributed by atoms with Crippen molar-refractivity contribution in [3.05, 3.63) is 23.7 Å². The van der Waals surface area contributed by atoms with E-state index in [0.29, 0.717) is 25.4 Å². The molecule has 108 valence electrons. The second-order valence-corrected chi connectivity index (χ2v) is 4.57. The van der Waals surface area contributed by atoms with Crippen molar-refractivity contribution in [1.29, 1.82) is 0 Å². The van der Waals surface area contributed by atoms with Gasteiger partial charge in [-0.1, -0.05) is 0 Å². The second kappa shape index (κ2) is 5.36. The fourth-order valence-electron chi connectivity index (χ4n) is 2.21. The molecule has 1 N–H and O–H groups in total. The van der Waals surface area contributed by atoms with Gasteiger partial charge in [-0.2, -0.15) is 0 Å². The number of piperazine rings is 1. The van der Waals surface area contributed by atoms with Gasteiger partial charge >= 0.3 is 17.8 Å². The highest BCUT2D eigenvalue weighted by atomic mass is 16.4. The molecule has 1 aromatic heterocycles. The van der Waals surface area contributed by atoms with Crippen LogP contribution in [-0.4, -0.2) is 52.3 Å². The van der Waals surface area contributed by atoms with E-state index in [1.807, 2.05) is 6.92 Å². The smallest absolute Gasteiger partial charge is 0.371 e. The number of amides is 2. The topological polar surface area (TPSA) is 91.1 Å². The van der Waals surface area contributed by atoms with Crippen LogP contribution in [0, 0.1) is 0 Å². The van der Waals surface area contributed by atoms with Gasteiger partial charge in [-0.25, -0.2) is 4.79 Å². The van der Waals surface area contributed by atoms with Crippen molar-refractivity contribution in [3.63, 3.8) is 0 Å². The molecule has 7 nitrogen and oxygen atoms in total. The van der Waals surface area contributed by atoms with Gasteiger partial charge in [0.15, 0.2) is 0 Å². The number of carboxylic acid groups (broad SMARTS) is 1. The monoisotopic (exact) mass is 280 g/mol. The highest BCUT2D eigenvalue weighted by Crippen LogP contribution is 2.24. The van der Waals surface area contributed by atoms with Crippen molar-refractivity contribution in [2.75, 3.05) is 19.6 Å². The van der Waals surface area contributed by atoms with E-state index in [4.69, 9.17) is 9.52 Å². The average molecular weight is 280 g/mol. The van der Waals surface area contributed by atoms with E-state index in [1.54, 1.807) is 6.92 Å². The summed E-state index contributed by atoms with van der Waals surface area (Å²) in [6.07, 6.45) is 0. The Morgan fingerprint density at radius 1 is 1.35 bits per heavy atom. The van der Waals surface area contributed by atoms with Gasteiger partial charge in [0.05, 0.1) is 6.04 Å². The lowest BCUT2D eigenvalue weighted by Gasteiger charge is -2.35. The minimum Gasteiger partial charge on any atom is -0.475 e. The standard InChI is InChI=1S/C13H16N2O5/c1-3-14-6-7-15(12(17)11(14)16)8(2)9-4-5-10(20-9)13(18)19/h4-5,8H,3,6-7H2,1-2H3,(H,18,19). The molecular weight excluding hydrogens is 264 g/mol. The van der Waals surface area contributed by atoms with Gasteiger partial charge in [0.1, 0.15) is 5.76 Å². The summed E-state index contributed by atoms with van der Waals surface area (Å²) in [4.78, 5) is 37.5. The summed E-state index contributed by atoms with van der Waals surface area (Å²) in [5.74, 6) is -2.11. The van der Waals surface area contributed by atoms with Crippen LogP contribution in [0.3, 0.4) is 0 Å². The van der Waals surface area contributed by atoms with E-state index in [0.717, 1.165) is 0 Å². The van der Waals surface area contributed by atoms with E-state index in [9.17, 15) is 14.4 Å². The van der Waals surface area contributed by atoms with Crippen molar-refractivity contribution >= 4 is 17.8 Å². The molecule has 2 heterocycles. The molecule has 1 aromatic rings. The number of hydrogen-bond donors (Lipinski definition) is 1. The number of nitrogens with zero attached hydrogens (tertiary/aromatic N) is 2. The highest BCUT2D eigenvalue weighted by Gasteiger charge is 2.35. The van der Waals surface area contributed by atoms with Gasteiger partial charge in [0.2, 0.25) is 5.76 Å². The lowest BCUT2D eigenvalue weighted by atomic mass is 10.1. The minimum absolute atomic E-state index is 0.183. The van der Waals surface area contributed by atoms with E-state index >= 15 is 0 Å². The van der Waals surface area contributed by atoms with Crippen molar-refractivity contribution in [1.82, 2.24) is 9.80 Å². The minimum atomic E-state index is -1.17. The van der Waals surface area contributed by atoms with Crippen LogP contribution in [0.2, 0.25) is 0 Å². The Bertz CT molecular complexity index is 551. The second-order valence-electron chi connectivity index (χ2n) is 4.57. The molecule has 0 spiro atoms. The molecule has 0 aliphatic carbocycles. The maximum absolute atomic E-state index is 12.0. The molecule has 0 aromatic carbocycles. The van der Waals surface area contributed by atoms with E-state index < -0.39 is 23.8 Å². The third-order valence-electron chi connectivity index (χ3n) is 3.44. The summed E-state index contributed by atoms with van der Waals surface area (Å²) >= 11 is 0. The molecule has 0 radical (unpaired) electrons. The van der Waals surface area contributed by atoms with E-state index in [2.05, 4.69) is 0 Å². The predicted molar refractivity (Wildman–Crippen MR) is 68.0 cm³/mol. The van der Waals surface area contributed by atoms with Gasteiger partial charge in [-0.3, -0.25) is 9.59 Å². The van der Waals surface area contributed by atoms with Crippen LogP contribution < -0.4 is 0 Å². The number of hydrogen-bond acceptors (Lipinski definition) is 4. The molecule has 0 saturated carbocycles. The van der Waals surface area contributed by atoms with Gasteiger partial charge in [0.25, 0.3) is 0 Å². The number of carbonyl (C=O) groups is 3. The third-order valence-corrected chi connectivity index (χ3v) is 3.44. The summed E-state index contributed by atoms with van der Waals surface area (Å²) in [5, 5.41) is 8.82. The van der Waals surface area contributed by atoms with Crippen LogP contribution in [0.15, 0.2) is 16.5 Å². The van der Waals surface area contributed by atoms with Crippen LogP contribution in [0.5, 0.6) is 0 Å². The summed E-state index contributed by atoms with van der Waals surface area (Å²) < 4.78 is 5.18. The summed E-state index contributed by atoms with van der Waals surface area (Å²) in [6, 6.07) is 2.37. The van der Waals surface area contributed by atoms with Crippen molar-refractivity contribution in [3.8, 4) is 0 Å². The first kappa shape index (κ1) is 14.1. The number of rotatable bonds is 4. The number of carbonyl (C=O) groups excluding carboxylic acids is 2. The Morgan fingerprint density at radius 3 is 2.60 bits per heavy atom. The Labute approximate surface area is 115 Å². The zero-order valence-electron chi connectivity index (χ0n) is 11.3. The third kappa shape index (κ3) is 2.38. The lowest BCUT2D eigenvalue weighted by Crippen LogP contribution is -2.54. The Kier molecular flexibility index (Phi) is 3.78. The first-order valence-corrected chi connectivity index (χ1v) is 6.38. The van der Waals surface area contributed by atoms with Crippen molar-refractivity contribution < 1.29 is 23.9 Å². The van der Waals surface area contributed by atoms with Gasteiger partial charge in [-0.15, -0.1) is 0 Å². The molecule has 1 aliphatic rings. The number of carboxylic acids is 1. The molecule has 1 atom stereocenters. The fourth-order valence-corrected chi connectivity index (χ4v) is 2.21. The van der Waals surface area contributed by atoms with E-state index in [1.165, 1.54) is 21.9 Å². The molecule has 1 aliphatic heterocycles. The molecule has 20 heavy (non-hydrogen) atoms. The SMILES string of the molecule is CCN1CCN(C(C)c2ccc(C(=O)O)o2)C(=O)C1=O. The van der Waals surface area contributed by atoms with Gasteiger partial charge in [0, 0.05) is 19.6 Å². The zero-order chi connectivity index (χ0) is 14.9. The maximum atomic E-state index is 12.0. The van der Waals surface area contributed by atoms with Gasteiger partial charge < -0.3 is 19.3 Å². The van der Waals surface area contributed by atoms with E-state index in [-0.39, 0.29) is 5.76 Å². The summed E-state index contributed by atoms with van der Waals surface area (Å²) in [6.45, 7) is 4.89. The average Bonchev–Trinajstić information content (AvgIpc) is 2.91. The summed E-state index contributed by atoms with van der Waals surface area (Å²) in [7, 11) is 0. The fraction of sp³-hybridized carbons (Fsp3) is 0.462. The molecule has 0 bridgehead atoms. The predicted octanol–water partition coefficient (Wildman–Crippen LogP) is 0.729. The molecule has 7 heteroatoms. The van der Waals surface area contributed by atoms with Crippen molar-refractivity contribution in [2.24, 2.45) is 0 Å². The van der Waals surface area contributed by atoms with Crippen LogP contribution in [0.4, 0.5) is 0 Å². The normalized spacial score (nSPS) is 17.5. The zero-order valence-corrected chi connectivity index (χ0v) is 11.3. The molecule has 1 unspecified atom stereocenters. The largest absolute Gasteiger partial charge is 0.475 e. The maximum Gasteiger partial charge on any atom is 0.371 e. The summed E-state index contributed by atoms with van der Waals surface area (Å²) in [5.41, 5.74) is 0.